The number of hydrogen-bond donors (Lipinski definition) is 1. The standard InChI is InChI=1S/C25H22BrN3O3/c1-3-31-23-13-20(15-28-29-25(30)21-10-5-4-7-17(21)2)12-22(26)24(23)32-16-19-9-6-8-18(11-19)14-27/h4-13,15H,3,16H2,1-2H3,(H,29,30)/b28-15+. The summed E-state index contributed by atoms with van der Waals surface area (Å²) in [6.45, 7) is 4.50. The van der Waals surface area contributed by atoms with Crippen molar-refractivity contribution in [2.24, 2.45) is 5.10 Å². The fourth-order valence-corrected chi connectivity index (χ4v) is 3.58. The Bertz CT molecular complexity index is 1190. The Balaban J connectivity index is 1.74. The SMILES string of the molecule is CCOc1cc(/C=N/NC(=O)c2ccccc2C)cc(Br)c1OCc1cccc(C#N)c1. The van der Waals surface area contributed by atoms with Gasteiger partial charge in [0.2, 0.25) is 0 Å². The van der Waals surface area contributed by atoms with Gasteiger partial charge in [0.15, 0.2) is 11.5 Å². The number of carbonyl (C=O) groups is 1. The molecule has 1 amide bonds. The lowest BCUT2D eigenvalue weighted by Crippen LogP contribution is -2.18. The molecule has 0 aliphatic carbocycles. The second kappa shape index (κ2) is 11.1. The van der Waals surface area contributed by atoms with Crippen LogP contribution in [0.2, 0.25) is 0 Å². The van der Waals surface area contributed by atoms with E-state index < -0.39 is 0 Å². The van der Waals surface area contributed by atoms with E-state index in [1.54, 1.807) is 30.5 Å². The van der Waals surface area contributed by atoms with E-state index in [9.17, 15) is 4.79 Å². The van der Waals surface area contributed by atoms with Crippen LogP contribution in [0.1, 0.15) is 39.5 Å². The zero-order valence-electron chi connectivity index (χ0n) is 17.8. The monoisotopic (exact) mass is 491 g/mol. The number of halogens is 1. The van der Waals surface area contributed by atoms with Crippen LogP contribution in [0.25, 0.3) is 0 Å². The third kappa shape index (κ3) is 5.96. The van der Waals surface area contributed by atoms with E-state index in [2.05, 4.69) is 32.5 Å². The average Bonchev–Trinajstić information content (AvgIpc) is 2.79. The molecule has 0 bridgehead atoms. The summed E-state index contributed by atoms with van der Waals surface area (Å²) in [7, 11) is 0. The molecule has 0 spiro atoms. The van der Waals surface area contributed by atoms with Gasteiger partial charge in [0, 0.05) is 5.56 Å². The first kappa shape index (κ1) is 23.0. The van der Waals surface area contributed by atoms with Crippen LogP contribution in [0, 0.1) is 18.3 Å². The zero-order chi connectivity index (χ0) is 22.9. The van der Waals surface area contributed by atoms with Gasteiger partial charge in [-0.05, 0) is 76.8 Å². The van der Waals surface area contributed by atoms with Crippen LogP contribution in [-0.2, 0) is 6.61 Å². The smallest absolute Gasteiger partial charge is 0.271 e. The van der Waals surface area contributed by atoms with Crippen molar-refractivity contribution in [2.75, 3.05) is 6.61 Å². The molecule has 0 saturated carbocycles. The molecule has 0 unspecified atom stereocenters. The van der Waals surface area contributed by atoms with Gasteiger partial charge in [-0.15, -0.1) is 0 Å². The highest BCUT2D eigenvalue weighted by atomic mass is 79.9. The largest absolute Gasteiger partial charge is 0.490 e. The summed E-state index contributed by atoms with van der Waals surface area (Å²) in [5.41, 5.74) is 6.18. The molecule has 3 aromatic rings. The van der Waals surface area contributed by atoms with Crippen molar-refractivity contribution in [3.05, 3.63) is 93.0 Å². The number of hydrazone groups is 1. The van der Waals surface area contributed by atoms with Crippen LogP contribution in [0.4, 0.5) is 0 Å². The molecule has 0 fully saturated rings. The number of benzene rings is 3. The Morgan fingerprint density at radius 2 is 1.97 bits per heavy atom. The second-order valence-corrected chi connectivity index (χ2v) is 7.73. The van der Waals surface area contributed by atoms with Crippen LogP contribution in [-0.4, -0.2) is 18.7 Å². The maximum absolute atomic E-state index is 12.3. The van der Waals surface area contributed by atoms with Crippen LogP contribution < -0.4 is 14.9 Å². The molecule has 6 nitrogen and oxygen atoms in total. The lowest BCUT2D eigenvalue weighted by molar-refractivity contribution is 0.0954. The minimum Gasteiger partial charge on any atom is -0.490 e. The van der Waals surface area contributed by atoms with Gasteiger partial charge >= 0.3 is 0 Å². The van der Waals surface area contributed by atoms with E-state index in [-0.39, 0.29) is 12.5 Å². The summed E-state index contributed by atoms with van der Waals surface area (Å²) in [5, 5.41) is 13.1. The molecular formula is C25H22BrN3O3. The number of nitrogens with one attached hydrogen (secondary N) is 1. The number of carbonyl (C=O) groups excluding carboxylic acids is 1. The second-order valence-electron chi connectivity index (χ2n) is 6.88. The van der Waals surface area contributed by atoms with Crippen molar-refractivity contribution in [3.8, 4) is 17.6 Å². The lowest BCUT2D eigenvalue weighted by atomic mass is 10.1. The summed E-state index contributed by atoms with van der Waals surface area (Å²) in [6.07, 6.45) is 1.55. The molecule has 0 saturated heterocycles. The molecule has 0 aromatic heterocycles. The van der Waals surface area contributed by atoms with Gasteiger partial charge < -0.3 is 9.47 Å². The summed E-state index contributed by atoms with van der Waals surface area (Å²) in [4.78, 5) is 12.3. The van der Waals surface area contributed by atoms with Crippen molar-refractivity contribution in [2.45, 2.75) is 20.5 Å². The van der Waals surface area contributed by atoms with Crippen molar-refractivity contribution in [3.63, 3.8) is 0 Å². The highest BCUT2D eigenvalue weighted by molar-refractivity contribution is 9.10. The summed E-state index contributed by atoms with van der Waals surface area (Å²) in [5.74, 6) is 0.823. The Morgan fingerprint density at radius 3 is 2.72 bits per heavy atom. The first-order valence-corrected chi connectivity index (χ1v) is 10.8. The molecule has 0 aliphatic heterocycles. The maximum atomic E-state index is 12.3. The predicted octanol–water partition coefficient (Wildman–Crippen LogP) is 5.37. The Kier molecular flexibility index (Phi) is 8.01. The first-order valence-electron chi connectivity index (χ1n) is 9.99. The highest BCUT2D eigenvalue weighted by Gasteiger charge is 2.13. The number of aryl methyl sites for hydroxylation is 1. The number of nitrogens with zero attached hydrogens (tertiary/aromatic N) is 2. The average molecular weight is 492 g/mol. The Morgan fingerprint density at radius 1 is 1.16 bits per heavy atom. The molecule has 0 aliphatic rings. The molecular weight excluding hydrogens is 470 g/mol. The molecule has 1 N–H and O–H groups in total. The molecule has 7 heteroatoms. The van der Waals surface area contributed by atoms with Gasteiger partial charge in [-0.2, -0.15) is 10.4 Å². The minimum absolute atomic E-state index is 0.275. The predicted molar refractivity (Wildman–Crippen MR) is 127 cm³/mol. The van der Waals surface area contributed by atoms with Crippen molar-refractivity contribution in [1.29, 1.82) is 5.26 Å². The van der Waals surface area contributed by atoms with Gasteiger partial charge in [0.05, 0.1) is 28.9 Å². The minimum atomic E-state index is -0.275. The number of hydrogen-bond acceptors (Lipinski definition) is 5. The molecule has 162 valence electrons. The quantitative estimate of drug-likeness (QED) is 0.339. The molecule has 3 aromatic carbocycles. The van der Waals surface area contributed by atoms with Crippen molar-refractivity contribution < 1.29 is 14.3 Å². The number of amides is 1. The molecule has 3 rings (SSSR count). The normalized spacial score (nSPS) is 10.6. The van der Waals surface area contributed by atoms with E-state index in [1.165, 1.54) is 0 Å². The van der Waals surface area contributed by atoms with Crippen LogP contribution in [0.3, 0.4) is 0 Å². The molecule has 0 radical (unpaired) electrons. The lowest BCUT2D eigenvalue weighted by Gasteiger charge is -2.15. The first-order chi connectivity index (χ1) is 15.5. The van der Waals surface area contributed by atoms with Gasteiger partial charge in [-0.25, -0.2) is 5.43 Å². The fourth-order valence-electron chi connectivity index (χ4n) is 3.00. The Labute approximate surface area is 195 Å². The van der Waals surface area contributed by atoms with E-state index in [1.807, 2.05) is 50.2 Å². The van der Waals surface area contributed by atoms with E-state index in [4.69, 9.17) is 14.7 Å². The molecule has 0 heterocycles. The number of rotatable bonds is 8. The van der Waals surface area contributed by atoms with Gasteiger partial charge in [0.25, 0.3) is 5.91 Å². The zero-order valence-corrected chi connectivity index (χ0v) is 19.3. The number of nitriles is 1. The van der Waals surface area contributed by atoms with Gasteiger partial charge in [-0.3, -0.25) is 4.79 Å². The molecule has 0 atom stereocenters. The maximum Gasteiger partial charge on any atom is 0.271 e. The highest BCUT2D eigenvalue weighted by Crippen LogP contribution is 2.37. The van der Waals surface area contributed by atoms with Crippen molar-refractivity contribution in [1.82, 2.24) is 5.43 Å². The topological polar surface area (TPSA) is 83.7 Å². The third-order valence-corrected chi connectivity index (χ3v) is 5.13. The summed E-state index contributed by atoms with van der Waals surface area (Å²) < 4.78 is 12.4. The summed E-state index contributed by atoms with van der Waals surface area (Å²) >= 11 is 3.53. The molecule has 32 heavy (non-hydrogen) atoms. The summed E-state index contributed by atoms with van der Waals surface area (Å²) in [6, 6.07) is 20.3. The van der Waals surface area contributed by atoms with Crippen molar-refractivity contribution >= 4 is 28.1 Å². The van der Waals surface area contributed by atoms with Gasteiger partial charge in [0.1, 0.15) is 6.61 Å². The van der Waals surface area contributed by atoms with E-state index in [0.717, 1.165) is 16.7 Å². The van der Waals surface area contributed by atoms with Crippen LogP contribution >= 0.6 is 15.9 Å². The van der Waals surface area contributed by atoms with Gasteiger partial charge in [-0.1, -0.05) is 30.3 Å². The Hall–Kier alpha value is -3.63. The van der Waals surface area contributed by atoms with E-state index >= 15 is 0 Å². The number of ether oxygens (including phenoxy) is 2. The van der Waals surface area contributed by atoms with Crippen LogP contribution in [0.15, 0.2) is 70.2 Å². The van der Waals surface area contributed by atoms with Crippen LogP contribution in [0.5, 0.6) is 11.5 Å². The fraction of sp³-hybridized carbons (Fsp3) is 0.160. The third-order valence-electron chi connectivity index (χ3n) is 4.54. The van der Waals surface area contributed by atoms with E-state index in [0.29, 0.717) is 33.7 Å².